The van der Waals surface area contributed by atoms with Gasteiger partial charge >= 0.3 is 0 Å². The average Bonchev–Trinajstić information content (AvgIpc) is 2.86. The molecule has 1 N–H and O–H groups in total. The summed E-state index contributed by atoms with van der Waals surface area (Å²) in [5.41, 5.74) is 0.871. The highest BCUT2D eigenvalue weighted by Crippen LogP contribution is 2.25. The zero-order valence-corrected chi connectivity index (χ0v) is 14.3. The predicted octanol–water partition coefficient (Wildman–Crippen LogP) is 1.65. The van der Waals surface area contributed by atoms with Crippen molar-refractivity contribution in [1.29, 1.82) is 0 Å². The van der Waals surface area contributed by atoms with Gasteiger partial charge in [-0.15, -0.1) is 0 Å². The van der Waals surface area contributed by atoms with Crippen molar-refractivity contribution in [3.63, 3.8) is 0 Å². The van der Waals surface area contributed by atoms with Crippen molar-refractivity contribution in [3.8, 4) is 5.75 Å². The van der Waals surface area contributed by atoms with Gasteiger partial charge < -0.3 is 14.4 Å². The fourth-order valence-corrected chi connectivity index (χ4v) is 3.75. The average molecular weight is 340 g/mol. The quantitative estimate of drug-likeness (QED) is 0.859. The lowest BCUT2D eigenvalue weighted by atomic mass is 10.1. The van der Waals surface area contributed by atoms with Crippen LogP contribution in [0.5, 0.6) is 5.75 Å². The maximum absolute atomic E-state index is 12.6. The zero-order chi connectivity index (χ0) is 17.2. The molecule has 23 heavy (non-hydrogen) atoms. The summed E-state index contributed by atoms with van der Waals surface area (Å²) in [6.45, 7) is 3.01. The molecule has 0 amide bonds. The van der Waals surface area contributed by atoms with E-state index < -0.39 is 16.1 Å². The second kappa shape index (κ2) is 6.69. The molecule has 0 aliphatic heterocycles. The van der Waals surface area contributed by atoms with Crippen LogP contribution in [0.1, 0.15) is 23.1 Å². The smallest absolute Gasteiger partial charge is 0.248 e. The van der Waals surface area contributed by atoms with Gasteiger partial charge in [0, 0.05) is 13.6 Å². The van der Waals surface area contributed by atoms with Gasteiger partial charge in [-0.05, 0) is 31.5 Å². The molecule has 2 rings (SSSR count). The molecule has 1 aromatic heterocycles. The second-order valence-electron chi connectivity index (χ2n) is 5.23. The maximum atomic E-state index is 12.6. The highest BCUT2D eigenvalue weighted by molar-refractivity contribution is 7.89. The van der Waals surface area contributed by atoms with Crippen molar-refractivity contribution in [2.75, 3.05) is 20.7 Å². The van der Waals surface area contributed by atoms with E-state index in [9.17, 15) is 13.5 Å². The van der Waals surface area contributed by atoms with E-state index in [0.717, 1.165) is 4.31 Å². The van der Waals surface area contributed by atoms with Gasteiger partial charge in [0.15, 0.2) is 5.76 Å². The number of hydrogen-bond donors (Lipinski definition) is 1. The van der Waals surface area contributed by atoms with Crippen LogP contribution in [0, 0.1) is 13.8 Å². The Morgan fingerprint density at radius 3 is 2.65 bits per heavy atom. The zero-order valence-electron chi connectivity index (χ0n) is 13.5. The third-order valence-electron chi connectivity index (χ3n) is 3.54. The number of aliphatic hydroxyl groups excluding tert-OH is 1. The number of rotatable bonds is 6. The number of nitrogens with zero attached hydrogens (tertiary/aromatic N) is 2. The Morgan fingerprint density at radius 1 is 1.39 bits per heavy atom. The van der Waals surface area contributed by atoms with Crippen molar-refractivity contribution in [2.24, 2.45) is 0 Å². The topological polar surface area (TPSA) is 92.9 Å². The minimum absolute atomic E-state index is 0.0397. The molecule has 8 heteroatoms. The van der Waals surface area contributed by atoms with Gasteiger partial charge in [-0.2, -0.15) is 4.31 Å². The lowest BCUT2D eigenvalue weighted by Crippen LogP contribution is -2.31. The van der Waals surface area contributed by atoms with Crippen LogP contribution in [-0.4, -0.2) is 43.7 Å². The lowest BCUT2D eigenvalue weighted by molar-refractivity contribution is 0.154. The van der Waals surface area contributed by atoms with E-state index in [0.29, 0.717) is 17.0 Å². The molecule has 0 fully saturated rings. The van der Waals surface area contributed by atoms with Crippen LogP contribution in [0.15, 0.2) is 33.7 Å². The molecule has 0 aliphatic rings. The summed E-state index contributed by atoms with van der Waals surface area (Å²) in [5.74, 6) is 0.822. The molecule has 0 saturated heterocycles. The molecular weight excluding hydrogens is 320 g/mol. The Morgan fingerprint density at radius 2 is 2.09 bits per heavy atom. The molecular formula is C15H20N2O5S. The molecule has 0 spiro atoms. The van der Waals surface area contributed by atoms with E-state index in [1.54, 1.807) is 38.1 Å². The second-order valence-corrected chi connectivity index (χ2v) is 7.21. The molecule has 7 nitrogen and oxygen atoms in total. The molecule has 0 bridgehead atoms. The van der Waals surface area contributed by atoms with E-state index in [-0.39, 0.29) is 17.2 Å². The van der Waals surface area contributed by atoms with E-state index in [2.05, 4.69) is 5.16 Å². The van der Waals surface area contributed by atoms with Gasteiger partial charge in [-0.3, -0.25) is 0 Å². The van der Waals surface area contributed by atoms with Crippen molar-refractivity contribution in [1.82, 2.24) is 9.46 Å². The van der Waals surface area contributed by atoms with Crippen molar-refractivity contribution in [2.45, 2.75) is 24.8 Å². The number of ether oxygens (including phenoxy) is 1. The van der Waals surface area contributed by atoms with Crippen LogP contribution < -0.4 is 4.74 Å². The minimum Gasteiger partial charge on any atom is -0.497 e. The lowest BCUT2D eigenvalue weighted by Gasteiger charge is -2.21. The molecule has 0 saturated carbocycles. The van der Waals surface area contributed by atoms with Crippen LogP contribution in [0.4, 0.5) is 0 Å². The van der Waals surface area contributed by atoms with Crippen LogP contribution in [0.3, 0.4) is 0 Å². The molecule has 0 aliphatic carbocycles. The van der Waals surface area contributed by atoms with Gasteiger partial charge in [-0.1, -0.05) is 17.3 Å². The first kappa shape index (κ1) is 17.5. The summed E-state index contributed by atoms with van der Waals surface area (Å²) < 4.78 is 36.3. The van der Waals surface area contributed by atoms with E-state index in [1.165, 1.54) is 14.2 Å². The first-order valence-electron chi connectivity index (χ1n) is 6.98. The van der Waals surface area contributed by atoms with Crippen molar-refractivity contribution in [3.05, 3.63) is 41.3 Å². The highest BCUT2D eigenvalue weighted by Gasteiger charge is 2.30. The summed E-state index contributed by atoms with van der Waals surface area (Å²) in [4.78, 5) is 0.0397. The fourth-order valence-electron chi connectivity index (χ4n) is 2.29. The van der Waals surface area contributed by atoms with Gasteiger partial charge in [0.25, 0.3) is 0 Å². The first-order chi connectivity index (χ1) is 10.8. The standard InChI is InChI=1S/C15H20N2O5S/c1-10-15(11(2)22-16-10)23(19,20)17(3)9-14(18)12-6-5-7-13(8-12)21-4/h5-8,14,18H,9H2,1-4H3. The van der Waals surface area contributed by atoms with Crippen LogP contribution in [-0.2, 0) is 10.0 Å². The number of hydrogen-bond acceptors (Lipinski definition) is 6. The number of aryl methyl sites for hydroxylation is 2. The SMILES string of the molecule is COc1cccc(C(O)CN(C)S(=O)(=O)c2c(C)noc2C)c1. The molecule has 0 radical (unpaired) electrons. The summed E-state index contributed by atoms with van der Waals surface area (Å²) in [7, 11) is -0.855. The van der Waals surface area contributed by atoms with Gasteiger partial charge in [-0.25, -0.2) is 8.42 Å². The molecule has 1 aromatic carbocycles. The maximum Gasteiger partial charge on any atom is 0.248 e. The number of aliphatic hydroxyl groups is 1. The Balaban J connectivity index is 2.22. The van der Waals surface area contributed by atoms with Crippen LogP contribution >= 0.6 is 0 Å². The normalized spacial score (nSPS) is 13.3. The largest absolute Gasteiger partial charge is 0.497 e. The monoisotopic (exact) mass is 340 g/mol. The number of likely N-dealkylation sites (N-methyl/N-ethyl adjacent to an activating group) is 1. The number of sulfonamides is 1. The first-order valence-corrected chi connectivity index (χ1v) is 8.42. The Labute approximate surface area is 135 Å². The van der Waals surface area contributed by atoms with Gasteiger partial charge in [0.2, 0.25) is 10.0 Å². The molecule has 1 heterocycles. The molecule has 1 atom stereocenters. The van der Waals surface area contributed by atoms with Gasteiger partial charge in [0.1, 0.15) is 16.3 Å². The van der Waals surface area contributed by atoms with Crippen LogP contribution in [0.25, 0.3) is 0 Å². The summed E-state index contributed by atoms with van der Waals surface area (Å²) in [6.07, 6.45) is -0.981. The Hall–Kier alpha value is -1.90. The van der Waals surface area contributed by atoms with E-state index in [1.807, 2.05) is 0 Å². The molecule has 126 valence electrons. The number of methoxy groups -OCH3 is 1. The third kappa shape index (κ3) is 3.54. The summed E-state index contributed by atoms with van der Waals surface area (Å²) >= 11 is 0. The molecule has 2 aromatic rings. The summed E-state index contributed by atoms with van der Waals surface area (Å²) in [5, 5.41) is 14.0. The number of benzene rings is 1. The predicted molar refractivity (Wildman–Crippen MR) is 83.7 cm³/mol. The Kier molecular flexibility index (Phi) is 5.08. The minimum atomic E-state index is -3.79. The van der Waals surface area contributed by atoms with Crippen molar-refractivity contribution >= 4 is 10.0 Å². The van der Waals surface area contributed by atoms with E-state index >= 15 is 0 Å². The van der Waals surface area contributed by atoms with Crippen molar-refractivity contribution < 1.29 is 22.8 Å². The Bertz CT molecular complexity index is 765. The molecule has 1 unspecified atom stereocenters. The van der Waals surface area contributed by atoms with Gasteiger partial charge in [0.05, 0.1) is 13.2 Å². The summed E-state index contributed by atoms with van der Waals surface area (Å²) in [6, 6.07) is 6.87. The highest BCUT2D eigenvalue weighted by atomic mass is 32.2. The third-order valence-corrected chi connectivity index (χ3v) is 5.61. The van der Waals surface area contributed by atoms with E-state index in [4.69, 9.17) is 9.26 Å². The van der Waals surface area contributed by atoms with Crippen LogP contribution in [0.2, 0.25) is 0 Å². The fraction of sp³-hybridized carbons (Fsp3) is 0.400. The number of aromatic nitrogens is 1.